The summed E-state index contributed by atoms with van der Waals surface area (Å²) in [6.07, 6.45) is 5.06. The first-order valence-electron chi connectivity index (χ1n) is 6.53. The van der Waals surface area contributed by atoms with E-state index in [-0.39, 0.29) is 0 Å². The number of rotatable bonds is 6. The first kappa shape index (κ1) is 13.3. The van der Waals surface area contributed by atoms with Gasteiger partial charge in [-0.25, -0.2) is 4.98 Å². The smallest absolute Gasteiger partial charge is 0.0929 e. The highest BCUT2D eigenvalue weighted by atomic mass is 35.5. The molecule has 0 bridgehead atoms. The number of thiazole rings is 1. The van der Waals surface area contributed by atoms with Crippen LogP contribution in [0, 0.1) is 5.92 Å². The van der Waals surface area contributed by atoms with Crippen LogP contribution in [0.3, 0.4) is 0 Å². The Bertz CT molecular complexity index is 340. The van der Waals surface area contributed by atoms with Gasteiger partial charge in [0.25, 0.3) is 0 Å². The summed E-state index contributed by atoms with van der Waals surface area (Å²) in [7, 11) is 0. The van der Waals surface area contributed by atoms with Gasteiger partial charge in [-0.15, -0.1) is 22.9 Å². The molecule has 1 unspecified atom stereocenters. The number of hydrogen-bond donors (Lipinski definition) is 0. The summed E-state index contributed by atoms with van der Waals surface area (Å²) in [5.41, 5.74) is 1.03. The van der Waals surface area contributed by atoms with E-state index in [2.05, 4.69) is 22.2 Å². The number of aryl methyl sites for hydroxylation is 1. The Labute approximate surface area is 113 Å². The molecule has 0 saturated carbocycles. The summed E-state index contributed by atoms with van der Waals surface area (Å²) >= 11 is 7.49. The number of halogens is 1. The summed E-state index contributed by atoms with van der Waals surface area (Å²) in [5.74, 6) is 1.48. The zero-order chi connectivity index (χ0) is 12.1. The molecule has 1 aromatic rings. The van der Waals surface area contributed by atoms with Gasteiger partial charge in [-0.1, -0.05) is 13.3 Å². The van der Waals surface area contributed by atoms with Gasteiger partial charge in [0.2, 0.25) is 0 Å². The summed E-state index contributed by atoms with van der Waals surface area (Å²) in [4.78, 5) is 7.09. The highest BCUT2D eigenvalue weighted by Gasteiger charge is 2.20. The Morgan fingerprint density at radius 1 is 1.59 bits per heavy atom. The molecule has 0 radical (unpaired) electrons. The number of likely N-dealkylation sites (tertiary alicyclic amines) is 1. The van der Waals surface area contributed by atoms with Gasteiger partial charge in [0.05, 0.1) is 16.6 Å². The number of nitrogens with zero attached hydrogens (tertiary/aromatic N) is 2. The van der Waals surface area contributed by atoms with Crippen molar-refractivity contribution in [2.24, 2.45) is 5.92 Å². The number of alkyl halides is 1. The minimum atomic E-state index is 0.542. The van der Waals surface area contributed by atoms with Gasteiger partial charge in [0.15, 0.2) is 0 Å². The maximum absolute atomic E-state index is 5.75. The molecule has 1 aliphatic rings. The second-order valence-corrected chi connectivity index (χ2v) is 6.04. The van der Waals surface area contributed by atoms with E-state index in [0.29, 0.717) is 5.88 Å². The Morgan fingerprint density at radius 2 is 2.47 bits per heavy atom. The van der Waals surface area contributed by atoms with Gasteiger partial charge < -0.3 is 4.90 Å². The summed E-state index contributed by atoms with van der Waals surface area (Å²) in [6, 6.07) is 0. The third-order valence-electron chi connectivity index (χ3n) is 3.55. The molecule has 1 atom stereocenters. The van der Waals surface area contributed by atoms with Gasteiger partial charge in [0, 0.05) is 18.3 Å². The molecule has 1 saturated heterocycles. The van der Waals surface area contributed by atoms with Crippen LogP contribution < -0.4 is 0 Å². The summed E-state index contributed by atoms with van der Waals surface area (Å²) < 4.78 is 0. The predicted molar refractivity (Wildman–Crippen MR) is 74.8 cm³/mol. The normalized spacial score (nSPS) is 21.2. The molecule has 96 valence electrons. The number of aromatic nitrogens is 1. The monoisotopic (exact) mass is 272 g/mol. The van der Waals surface area contributed by atoms with E-state index >= 15 is 0 Å². The molecular formula is C13H21ClN2S. The lowest BCUT2D eigenvalue weighted by Crippen LogP contribution is -2.22. The van der Waals surface area contributed by atoms with Crippen molar-refractivity contribution < 1.29 is 0 Å². The third kappa shape index (κ3) is 3.94. The SMILES string of the molecule is CCC1CCN(CCCc2nc(CCl)cs2)C1. The van der Waals surface area contributed by atoms with Gasteiger partial charge in [-0.3, -0.25) is 0 Å². The van der Waals surface area contributed by atoms with Crippen LogP contribution in [-0.2, 0) is 12.3 Å². The quantitative estimate of drug-likeness (QED) is 0.737. The van der Waals surface area contributed by atoms with Crippen molar-refractivity contribution in [3.8, 4) is 0 Å². The fourth-order valence-electron chi connectivity index (χ4n) is 2.43. The standard InChI is InChI=1S/C13H21ClN2S/c1-2-11-5-7-16(9-11)6-3-4-13-15-12(8-14)10-17-13/h10-11H,2-9H2,1H3. The van der Waals surface area contributed by atoms with Crippen molar-refractivity contribution in [3.05, 3.63) is 16.1 Å². The molecular weight excluding hydrogens is 252 g/mol. The molecule has 0 spiro atoms. The van der Waals surface area contributed by atoms with E-state index in [1.807, 2.05) is 0 Å². The van der Waals surface area contributed by atoms with Gasteiger partial charge in [-0.2, -0.15) is 0 Å². The molecule has 0 amide bonds. The second-order valence-electron chi connectivity index (χ2n) is 4.83. The van der Waals surface area contributed by atoms with Gasteiger partial charge in [-0.05, 0) is 31.8 Å². The van der Waals surface area contributed by atoms with E-state index in [9.17, 15) is 0 Å². The first-order valence-corrected chi connectivity index (χ1v) is 7.94. The van der Waals surface area contributed by atoms with E-state index in [1.165, 1.54) is 43.9 Å². The lowest BCUT2D eigenvalue weighted by molar-refractivity contribution is 0.318. The lowest BCUT2D eigenvalue weighted by atomic mass is 10.1. The fourth-order valence-corrected chi connectivity index (χ4v) is 3.50. The van der Waals surface area contributed by atoms with Crippen LogP contribution in [-0.4, -0.2) is 29.5 Å². The largest absolute Gasteiger partial charge is 0.303 e. The molecule has 2 heterocycles. The van der Waals surface area contributed by atoms with Crippen LogP contribution in [0.15, 0.2) is 5.38 Å². The predicted octanol–water partition coefficient (Wildman–Crippen LogP) is 3.55. The zero-order valence-corrected chi connectivity index (χ0v) is 12.1. The average molecular weight is 273 g/mol. The van der Waals surface area contributed by atoms with Crippen molar-refractivity contribution in [3.63, 3.8) is 0 Å². The molecule has 1 fully saturated rings. The van der Waals surface area contributed by atoms with Crippen molar-refractivity contribution in [2.45, 2.75) is 38.5 Å². The molecule has 4 heteroatoms. The molecule has 0 N–H and O–H groups in total. The second kappa shape index (κ2) is 6.72. The van der Waals surface area contributed by atoms with E-state index in [1.54, 1.807) is 11.3 Å². The minimum Gasteiger partial charge on any atom is -0.303 e. The third-order valence-corrected chi connectivity index (χ3v) is 4.78. The summed E-state index contributed by atoms with van der Waals surface area (Å²) in [6.45, 7) is 6.13. The summed E-state index contributed by atoms with van der Waals surface area (Å²) in [5, 5.41) is 3.32. The zero-order valence-electron chi connectivity index (χ0n) is 10.5. The minimum absolute atomic E-state index is 0.542. The Kier molecular flexibility index (Phi) is 5.26. The van der Waals surface area contributed by atoms with Crippen molar-refractivity contribution >= 4 is 22.9 Å². The molecule has 1 aliphatic heterocycles. The lowest BCUT2D eigenvalue weighted by Gasteiger charge is -2.14. The van der Waals surface area contributed by atoms with Crippen LogP contribution in [0.25, 0.3) is 0 Å². The molecule has 2 rings (SSSR count). The Morgan fingerprint density at radius 3 is 3.12 bits per heavy atom. The van der Waals surface area contributed by atoms with Crippen LogP contribution in [0.4, 0.5) is 0 Å². The van der Waals surface area contributed by atoms with Crippen LogP contribution in [0.5, 0.6) is 0 Å². The Balaban J connectivity index is 1.66. The van der Waals surface area contributed by atoms with E-state index < -0.39 is 0 Å². The van der Waals surface area contributed by atoms with Crippen molar-refractivity contribution in [1.29, 1.82) is 0 Å². The maximum Gasteiger partial charge on any atom is 0.0929 e. The maximum atomic E-state index is 5.75. The van der Waals surface area contributed by atoms with Crippen LogP contribution in [0.1, 0.15) is 36.9 Å². The van der Waals surface area contributed by atoms with E-state index in [4.69, 9.17) is 11.6 Å². The van der Waals surface area contributed by atoms with Crippen LogP contribution in [0.2, 0.25) is 0 Å². The van der Waals surface area contributed by atoms with Crippen molar-refractivity contribution in [1.82, 2.24) is 9.88 Å². The molecule has 0 aliphatic carbocycles. The van der Waals surface area contributed by atoms with Gasteiger partial charge in [0.1, 0.15) is 0 Å². The van der Waals surface area contributed by atoms with E-state index in [0.717, 1.165) is 18.0 Å². The molecule has 2 nitrogen and oxygen atoms in total. The van der Waals surface area contributed by atoms with Crippen LogP contribution >= 0.6 is 22.9 Å². The topological polar surface area (TPSA) is 16.1 Å². The Hall–Kier alpha value is -0.120. The first-order chi connectivity index (χ1) is 8.31. The molecule has 0 aromatic carbocycles. The molecule has 1 aromatic heterocycles. The highest BCUT2D eigenvalue weighted by Crippen LogP contribution is 2.20. The molecule has 17 heavy (non-hydrogen) atoms. The highest BCUT2D eigenvalue weighted by molar-refractivity contribution is 7.09. The van der Waals surface area contributed by atoms with Gasteiger partial charge >= 0.3 is 0 Å². The average Bonchev–Trinajstić information content (AvgIpc) is 2.97. The fraction of sp³-hybridized carbons (Fsp3) is 0.769. The van der Waals surface area contributed by atoms with Crippen molar-refractivity contribution in [2.75, 3.05) is 19.6 Å². The number of hydrogen-bond acceptors (Lipinski definition) is 3.